The van der Waals surface area contributed by atoms with Crippen molar-refractivity contribution in [2.24, 2.45) is 16.8 Å². The molecule has 0 saturated heterocycles. The number of hydrogen-bond donors (Lipinski definition) is 4. The Morgan fingerprint density at radius 2 is 1.94 bits per heavy atom. The van der Waals surface area contributed by atoms with Crippen molar-refractivity contribution in [1.82, 2.24) is 5.32 Å². The summed E-state index contributed by atoms with van der Waals surface area (Å²) in [4.78, 5) is 0. The van der Waals surface area contributed by atoms with Gasteiger partial charge >= 0.3 is 6.18 Å². The highest BCUT2D eigenvalue weighted by Crippen LogP contribution is 2.25. The number of aliphatic hydroxyl groups excluding tert-OH is 1. The van der Waals surface area contributed by atoms with E-state index < -0.39 is 24.5 Å². The standard InChI is InChI=1S/C9H18F3N3O2/c10-9(11,12)7(8(13)15-17)6-14-4-2-1-3-5-16/h7,14,16-17H,1-6H2,(H2,13,15). The van der Waals surface area contributed by atoms with E-state index in [1.165, 1.54) is 0 Å². The van der Waals surface area contributed by atoms with E-state index in [1.54, 1.807) is 0 Å². The van der Waals surface area contributed by atoms with E-state index >= 15 is 0 Å². The summed E-state index contributed by atoms with van der Waals surface area (Å²) in [7, 11) is 0. The van der Waals surface area contributed by atoms with Crippen molar-refractivity contribution in [3.05, 3.63) is 0 Å². The van der Waals surface area contributed by atoms with E-state index in [0.717, 1.165) is 6.42 Å². The smallest absolute Gasteiger partial charge is 0.400 e. The Hall–Kier alpha value is -1.02. The predicted octanol–water partition coefficient (Wildman–Crippen LogP) is 0.663. The van der Waals surface area contributed by atoms with Gasteiger partial charge in [0.2, 0.25) is 0 Å². The summed E-state index contributed by atoms with van der Waals surface area (Å²) >= 11 is 0. The van der Waals surface area contributed by atoms with Crippen LogP contribution in [0.2, 0.25) is 0 Å². The molecule has 0 radical (unpaired) electrons. The van der Waals surface area contributed by atoms with Crippen molar-refractivity contribution < 1.29 is 23.5 Å². The van der Waals surface area contributed by atoms with Gasteiger partial charge in [-0.3, -0.25) is 0 Å². The van der Waals surface area contributed by atoms with Crippen LogP contribution >= 0.6 is 0 Å². The van der Waals surface area contributed by atoms with E-state index in [1.807, 2.05) is 0 Å². The van der Waals surface area contributed by atoms with E-state index in [0.29, 0.717) is 19.4 Å². The lowest BCUT2D eigenvalue weighted by atomic mass is 10.1. The maximum Gasteiger partial charge on any atom is 0.400 e. The fraction of sp³-hybridized carbons (Fsp3) is 0.889. The van der Waals surface area contributed by atoms with E-state index in [2.05, 4.69) is 10.5 Å². The number of amidine groups is 1. The number of aliphatic hydroxyl groups is 1. The summed E-state index contributed by atoms with van der Waals surface area (Å²) in [5.74, 6) is -2.83. The highest BCUT2D eigenvalue weighted by atomic mass is 19.4. The van der Waals surface area contributed by atoms with Gasteiger partial charge in [-0.25, -0.2) is 0 Å². The molecule has 1 atom stereocenters. The summed E-state index contributed by atoms with van der Waals surface area (Å²) in [6.07, 6.45) is -2.50. The number of oxime groups is 1. The molecular formula is C9H18F3N3O2. The van der Waals surface area contributed by atoms with Crippen molar-refractivity contribution in [2.75, 3.05) is 19.7 Å². The lowest BCUT2D eigenvalue weighted by Gasteiger charge is -2.19. The quantitative estimate of drug-likeness (QED) is 0.169. The molecule has 5 nitrogen and oxygen atoms in total. The van der Waals surface area contributed by atoms with Gasteiger partial charge in [0.25, 0.3) is 0 Å². The normalized spacial score (nSPS) is 14.9. The lowest BCUT2D eigenvalue weighted by molar-refractivity contribution is -0.154. The van der Waals surface area contributed by atoms with Crippen molar-refractivity contribution in [1.29, 1.82) is 0 Å². The molecule has 0 rings (SSSR count). The highest BCUT2D eigenvalue weighted by Gasteiger charge is 2.42. The summed E-state index contributed by atoms with van der Waals surface area (Å²) in [5, 5.41) is 21.7. The number of nitrogens with two attached hydrogens (primary N) is 1. The van der Waals surface area contributed by atoms with Crippen LogP contribution in [0.1, 0.15) is 19.3 Å². The van der Waals surface area contributed by atoms with Gasteiger partial charge < -0.3 is 21.4 Å². The molecule has 0 amide bonds. The van der Waals surface area contributed by atoms with E-state index in [9.17, 15) is 13.2 Å². The Bertz CT molecular complexity index is 234. The topological polar surface area (TPSA) is 90.9 Å². The van der Waals surface area contributed by atoms with Crippen molar-refractivity contribution in [3.8, 4) is 0 Å². The molecule has 0 aliphatic carbocycles. The molecule has 8 heteroatoms. The SMILES string of the molecule is NC(=NO)C(CNCCCCCO)C(F)(F)F. The van der Waals surface area contributed by atoms with E-state index in [4.69, 9.17) is 16.0 Å². The Morgan fingerprint density at radius 1 is 1.29 bits per heavy atom. The molecule has 0 fully saturated rings. The lowest BCUT2D eigenvalue weighted by Crippen LogP contribution is -2.43. The number of unbranched alkanes of at least 4 members (excludes halogenated alkanes) is 2. The van der Waals surface area contributed by atoms with Gasteiger partial charge in [-0.05, 0) is 25.8 Å². The zero-order valence-electron chi connectivity index (χ0n) is 9.37. The number of alkyl halides is 3. The second-order valence-corrected chi connectivity index (χ2v) is 3.61. The van der Waals surface area contributed by atoms with Crippen LogP contribution in [0.3, 0.4) is 0 Å². The highest BCUT2D eigenvalue weighted by molar-refractivity contribution is 5.83. The zero-order valence-corrected chi connectivity index (χ0v) is 9.37. The molecule has 0 aromatic heterocycles. The van der Waals surface area contributed by atoms with Crippen molar-refractivity contribution in [2.45, 2.75) is 25.4 Å². The van der Waals surface area contributed by atoms with Gasteiger partial charge in [-0.1, -0.05) is 5.16 Å². The molecule has 1 unspecified atom stereocenters. The third kappa shape index (κ3) is 7.01. The molecule has 0 aromatic carbocycles. The summed E-state index contributed by atoms with van der Waals surface area (Å²) in [5.41, 5.74) is 4.97. The van der Waals surface area contributed by atoms with Crippen LogP contribution in [0.4, 0.5) is 13.2 Å². The Morgan fingerprint density at radius 3 is 2.41 bits per heavy atom. The molecule has 0 heterocycles. The van der Waals surface area contributed by atoms with Crippen molar-refractivity contribution >= 4 is 5.84 Å². The number of halogens is 3. The number of rotatable bonds is 8. The van der Waals surface area contributed by atoms with Crippen LogP contribution in [0, 0.1) is 5.92 Å². The van der Waals surface area contributed by atoms with Crippen LogP contribution in [0.5, 0.6) is 0 Å². The maximum atomic E-state index is 12.4. The van der Waals surface area contributed by atoms with Gasteiger partial charge in [0.05, 0.1) is 0 Å². The third-order valence-electron chi connectivity index (χ3n) is 2.23. The number of nitrogens with zero attached hydrogens (tertiary/aromatic N) is 1. The van der Waals surface area contributed by atoms with Crippen LogP contribution in [-0.2, 0) is 0 Å². The second kappa shape index (κ2) is 8.13. The first-order valence-electron chi connectivity index (χ1n) is 5.29. The minimum absolute atomic E-state index is 0.0787. The van der Waals surface area contributed by atoms with Gasteiger partial charge in [-0.2, -0.15) is 13.2 Å². The minimum atomic E-state index is -4.53. The predicted molar refractivity (Wildman–Crippen MR) is 56.8 cm³/mol. The van der Waals surface area contributed by atoms with Crippen LogP contribution in [0.25, 0.3) is 0 Å². The summed E-state index contributed by atoms with van der Waals surface area (Å²) in [6.45, 7) is 0.0547. The third-order valence-corrected chi connectivity index (χ3v) is 2.23. The van der Waals surface area contributed by atoms with Gasteiger partial charge in [-0.15, -0.1) is 0 Å². The minimum Gasteiger partial charge on any atom is -0.409 e. The fourth-order valence-corrected chi connectivity index (χ4v) is 1.24. The van der Waals surface area contributed by atoms with Gasteiger partial charge in [0, 0.05) is 13.2 Å². The van der Waals surface area contributed by atoms with Crippen LogP contribution < -0.4 is 11.1 Å². The summed E-state index contributed by atoms with van der Waals surface area (Å²) in [6, 6.07) is 0. The Balaban J connectivity index is 3.95. The average molecular weight is 257 g/mol. The Labute approximate surface area is 97.5 Å². The molecule has 0 aromatic rings. The fourth-order valence-electron chi connectivity index (χ4n) is 1.24. The van der Waals surface area contributed by atoms with Gasteiger partial charge in [0.15, 0.2) is 5.84 Å². The Kier molecular flexibility index (Phi) is 7.64. The number of nitrogens with one attached hydrogen (secondary N) is 1. The molecule has 0 bridgehead atoms. The number of hydrogen-bond acceptors (Lipinski definition) is 4. The molecule has 0 aliphatic rings. The average Bonchev–Trinajstić information content (AvgIpc) is 2.25. The van der Waals surface area contributed by atoms with Crippen molar-refractivity contribution in [3.63, 3.8) is 0 Å². The van der Waals surface area contributed by atoms with E-state index in [-0.39, 0.29) is 6.61 Å². The second-order valence-electron chi connectivity index (χ2n) is 3.61. The maximum absolute atomic E-state index is 12.4. The van der Waals surface area contributed by atoms with Gasteiger partial charge in [0.1, 0.15) is 5.92 Å². The molecular weight excluding hydrogens is 239 g/mol. The molecule has 102 valence electrons. The monoisotopic (exact) mass is 257 g/mol. The zero-order chi connectivity index (χ0) is 13.3. The largest absolute Gasteiger partial charge is 0.409 e. The molecule has 0 aliphatic heterocycles. The first kappa shape index (κ1) is 16.0. The molecule has 5 N–H and O–H groups in total. The molecule has 17 heavy (non-hydrogen) atoms. The van der Waals surface area contributed by atoms with Crippen LogP contribution in [0.15, 0.2) is 5.16 Å². The molecule has 0 saturated carbocycles. The first-order chi connectivity index (χ1) is 7.93. The van der Waals surface area contributed by atoms with Crippen LogP contribution in [-0.4, -0.2) is 42.0 Å². The summed E-state index contributed by atoms with van der Waals surface area (Å²) < 4.78 is 37.3. The molecule has 0 spiro atoms. The first-order valence-corrected chi connectivity index (χ1v) is 5.29.